The maximum Gasteiger partial charge on any atom is 0.433 e. The van der Waals surface area contributed by atoms with Gasteiger partial charge in [0.25, 0.3) is 0 Å². The first-order chi connectivity index (χ1) is 13.0. The molecule has 1 atom stereocenters. The number of anilines is 1. The monoisotopic (exact) mass is 385 g/mol. The highest BCUT2D eigenvalue weighted by Gasteiger charge is 2.33. The summed E-state index contributed by atoms with van der Waals surface area (Å²) in [6.45, 7) is 5.20. The molecular formula is C17H26F3N7. The van der Waals surface area contributed by atoms with Crippen LogP contribution in [-0.4, -0.2) is 78.1 Å². The van der Waals surface area contributed by atoms with Gasteiger partial charge in [-0.25, -0.2) is 9.97 Å². The Labute approximate surface area is 157 Å². The van der Waals surface area contributed by atoms with Crippen molar-refractivity contribution in [2.24, 2.45) is 4.99 Å². The molecule has 2 aliphatic rings. The van der Waals surface area contributed by atoms with Crippen LogP contribution >= 0.6 is 0 Å². The van der Waals surface area contributed by atoms with Gasteiger partial charge in [0.05, 0.1) is 0 Å². The van der Waals surface area contributed by atoms with Crippen molar-refractivity contribution in [3.63, 3.8) is 0 Å². The maximum absolute atomic E-state index is 12.7. The zero-order valence-electron chi connectivity index (χ0n) is 15.5. The molecule has 0 bridgehead atoms. The third kappa shape index (κ3) is 5.21. The Bertz CT molecular complexity index is 644. The molecule has 2 aliphatic heterocycles. The van der Waals surface area contributed by atoms with Gasteiger partial charge in [-0.1, -0.05) is 0 Å². The van der Waals surface area contributed by atoms with Crippen molar-refractivity contribution in [1.29, 1.82) is 0 Å². The van der Waals surface area contributed by atoms with E-state index in [4.69, 9.17) is 0 Å². The number of nitrogens with one attached hydrogen (secondary N) is 2. The van der Waals surface area contributed by atoms with Crippen molar-refractivity contribution in [3.8, 4) is 0 Å². The molecule has 27 heavy (non-hydrogen) atoms. The van der Waals surface area contributed by atoms with Crippen molar-refractivity contribution in [1.82, 2.24) is 25.1 Å². The number of nitrogens with zero attached hydrogens (tertiary/aromatic N) is 5. The van der Waals surface area contributed by atoms with Gasteiger partial charge in [-0.2, -0.15) is 13.2 Å². The number of guanidine groups is 1. The Kier molecular flexibility index (Phi) is 6.35. The largest absolute Gasteiger partial charge is 0.433 e. The van der Waals surface area contributed by atoms with Gasteiger partial charge in [0.15, 0.2) is 5.96 Å². The average molecular weight is 385 g/mol. The van der Waals surface area contributed by atoms with E-state index in [0.717, 1.165) is 37.7 Å². The van der Waals surface area contributed by atoms with E-state index in [1.54, 1.807) is 7.05 Å². The van der Waals surface area contributed by atoms with Crippen molar-refractivity contribution in [3.05, 3.63) is 18.0 Å². The van der Waals surface area contributed by atoms with Crippen LogP contribution in [0.25, 0.3) is 0 Å². The quantitative estimate of drug-likeness (QED) is 0.456. The highest BCUT2D eigenvalue weighted by Crippen LogP contribution is 2.27. The fourth-order valence-electron chi connectivity index (χ4n) is 3.62. The second-order valence-electron chi connectivity index (χ2n) is 6.80. The molecule has 0 radical (unpaired) electrons. The summed E-state index contributed by atoms with van der Waals surface area (Å²) in [4.78, 5) is 16.4. The molecule has 1 aromatic rings. The van der Waals surface area contributed by atoms with Gasteiger partial charge in [0.1, 0.15) is 5.69 Å². The van der Waals surface area contributed by atoms with E-state index in [0.29, 0.717) is 19.1 Å². The highest BCUT2D eigenvalue weighted by atomic mass is 19.4. The van der Waals surface area contributed by atoms with Crippen LogP contribution in [0.2, 0.25) is 0 Å². The predicted molar refractivity (Wildman–Crippen MR) is 97.7 cm³/mol. The standard InChI is InChI=1S/C17H26F3N7/c1-21-16(27-11-5-13(12-27)26-9-2-3-10-26)24-8-7-23-15-22-6-4-14(25-15)17(18,19)20/h4,6,13H,2-3,5,7-12H2,1H3,(H,21,24)(H,22,23,25). The Hall–Kier alpha value is -2.10. The lowest BCUT2D eigenvalue weighted by molar-refractivity contribution is -0.141. The van der Waals surface area contributed by atoms with E-state index in [9.17, 15) is 13.2 Å². The molecule has 3 heterocycles. The first-order valence-corrected chi connectivity index (χ1v) is 9.31. The van der Waals surface area contributed by atoms with Crippen LogP contribution < -0.4 is 10.6 Å². The highest BCUT2D eigenvalue weighted by molar-refractivity contribution is 5.80. The topological polar surface area (TPSA) is 68.7 Å². The van der Waals surface area contributed by atoms with Crippen molar-refractivity contribution < 1.29 is 13.2 Å². The molecule has 2 N–H and O–H groups in total. The SMILES string of the molecule is CN=C(NCCNc1nccc(C(F)(F)F)n1)N1CCC(N2CCCC2)C1. The van der Waals surface area contributed by atoms with E-state index >= 15 is 0 Å². The number of likely N-dealkylation sites (tertiary alicyclic amines) is 2. The van der Waals surface area contributed by atoms with Gasteiger partial charge < -0.3 is 15.5 Å². The first-order valence-electron chi connectivity index (χ1n) is 9.31. The summed E-state index contributed by atoms with van der Waals surface area (Å²) in [5.41, 5.74) is -0.950. The number of alkyl halides is 3. The van der Waals surface area contributed by atoms with Crippen LogP contribution in [-0.2, 0) is 6.18 Å². The Morgan fingerprint density at radius 2 is 2.04 bits per heavy atom. The van der Waals surface area contributed by atoms with Crippen LogP contribution in [0.5, 0.6) is 0 Å². The van der Waals surface area contributed by atoms with Gasteiger partial charge in [-0.15, -0.1) is 0 Å². The van der Waals surface area contributed by atoms with Crippen molar-refractivity contribution in [2.75, 3.05) is 51.6 Å². The second-order valence-corrected chi connectivity index (χ2v) is 6.80. The number of hydrogen-bond donors (Lipinski definition) is 2. The normalized spacial score (nSPS) is 21.7. The van der Waals surface area contributed by atoms with Gasteiger partial charge >= 0.3 is 6.18 Å². The number of hydrogen-bond acceptors (Lipinski definition) is 5. The molecule has 2 saturated heterocycles. The summed E-state index contributed by atoms with van der Waals surface area (Å²) in [7, 11) is 1.74. The molecule has 0 amide bonds. The molecular weight excluding hydrogens is 359 g/mol. The fraction of sp³-hybridized carbons (Fsp3) is 0.706. The zero-order valence-corrected chi connectivity index (χ0v) is 15.5. The fourth-order valence-corrected chi connectivity index (χ4v) is 3.62. The van der Waals surface area contributed by atoms with Crippen molar-refractivity contribution in [2.45, 2.75) is 31.5 Å². The molecule has 7 nitrogen and oxygen atoms in total. The van der Waals surface area contributed by atoms with E-state index in [1.807, 2.05) is 0 Å². The Morgan fingerprint density at radius 1 is 1.26 bits per heavy atom. The van der Waals surface area contributed by atoms with E-state index in [2.05, 4.69) is 35.4 Å². The number of aliphatic imine (C=N–C) groups is 1. The van der Waals surface area contributed by atoms with Crippen LogP contribution in [0.15, 0.2) is 17.3 Å². The van der Waals surface area contributed by atoms with Crippen LogP contribution in [0, 0.1) is 0 Å². The van der Waals surface area contributed by atoms with Gasteiger partial charge in [0, 0.05) is 45.5 Å². The molecule has 2 fully saturated rings. The molecule has 150 valence electrons. The van der Waals surface area contributed by atoms with Gasteiger partial charge in [0.2, 0.25) is 5.95 Å². The Morgan fingerprint density at radius 3 is 2.74 bits per heavy atom. The summed E-state index contributed by atoms with van der Waals surface area (Å²) in [5.74, 6) is 0.792. The van der Waals surface area contributed by atoms with E-state index < -0.39 is 11.9 Å². The molecule has 3 rings (SSSR count). The van der Waals surface area contributed by atoms with E-state index in [1.165, 1.54) is 25.9 Å². The number of rotatable bonds is 5. The minimum Gasteiger partial charge on any atom is -0.354 e. The molecule has 0 aromatic carbocycles. The summed E-state index contributed by atoms with van der Waals surface area (Å²) in [6.07, 6.45) is 0.338. The molecule has 10 heteroatoms. The predicted octanol–water partition coefficient (Wildman–Crippen LogP) is 1.65. The lowest BCUT2D eigenvalue weighted by atomic mass is 10.2. The molecule has 0 saturated carbocycles. The maximum atomic E-state index is 12.7. The third-order valence-electron chi connectivity index (χ3n) is 4.97. The minimum absolute atomic E-state index is 0.0307. The average Bonchev–Trinajstić information content (AvgIpc) is 3.33. The summed E-state index contributed by atoms with van der Waals surface area (Å²) in [5, 5.41) is 6.07. The lowest BCUT2D eigenvalue weighted by Crippen LogP contribution is -2.43. The number of halogens is 3. The Balaban J connectivity index is 1.43. The number of aromatic nitrogens is 2. The summed E-state index contributed by atoms with van der Waals surface area (Å²) in [6, 6.07) is 1.44. The van der Waals surface area contributed by atoms with Gasteiger partial charge in [-0.05, 0) is 38.4 Å². The van der Waals surface area contributed by atoms with Crippen LogP contribution in [0.1, 0.15) is 25.0 Å². The molecule has 1 aromatic heterocycles. The summed E-state index contributed by atoms with van der Waals surface area (Å²) >= 11 is 0. The summed E-state index contributed by atoms with van der Waals surface area (Å²) < 4.78 is 38.0. The first kappa shape index (κ1) is 19.7. The molecule has 0 spiro atoms. The van der Waals surface area contributed by atoms with E-state index in [-0.39, 0.29) is 5.95 Å². The molecule has 1 unspecified atom stereocenters. The zero-order chi connectivity index (χ0) is 19.3. The minimum atomic E-state index is -4.47. The van der Waals surface area contributed by atoms with Gasteiger partial charge in [-0.3, -0.25) is 9.89 Å². The second kappa shape index (κ2) is 8.73. The third-order valence-corrected chi connectivity index (χ3v) is 4.97. The lowest BCUT2D eigenvalue weighted by Gasteiger charge is -2.25. The molecule has 0 aliphatic carbocycles. The smallest absolute Gasteiger partial charge is 0.354 e. The van der Waals surface area contributed by atoms with Crippen LogP contribution in [0.3, 0.4) is 0 Å². The van der Waals surface area contributed by atoms with Crippen molar-refractivity contribution >= 4 is 11.9 Å². The van der Waals surface area contributed by atoms with Crippen LogP contribution in [0.4, 0.5) is 19.1 Å².